The summed E-state index contributed by atoms with van der Waals surface area (Å²) in [6, 6.07) is 45.5. The number of hydrogen-bond acceptors (Lipinski definition) is 5. The number of furan rings is 1. The minimum atomic E-state index is -0.202. The van der Waals surface area contributed by atoms with Crippen LogP contribution in [0.1, 0.15) is 8.22 Å². The van der Waals surface area contributed by atoms with Gasteiger partial charge in [0.2, 0.25) is 0 Å². The summed E-state index contributed by atoms with van der Waals surface area (Å²) in [5.74, 6) is 1.19. The predicted octanol–water partition coefficient (Wildman–Crippen LogP) is 13.9. The fourth-order valence-corrected chi connectivity index (χ4v) is 9.23. The maximum absolute atomic E-state index is 9.42. The minimum absolute atomic E-state index is 0.0758. The third-order valence-corrected chi connectivity index (χ3v) is 11.8. The quantitative estimate of drug-likeness (QED) is 0.176. The van der Waals surface area contributed by atoms with E-state index >= 15 is 0 Å². The van der Waals surface area contributed by atoms with E-state index in [-0.39, 0.29) is 58.1 Å². The summed E-state index contributed by atoms with van der Waals surface area (Å²) in [5.41, 5.74) is 5.69. The minimum Gasteiger partial charge on any atom is -0.455 e. The number of hydrogen-bond donors (Lipinski definition) is 0. The maximum Gasteiger partial charge on any atom is 0.166 e. The van der Waals surface area contributed by atoms with Crippen molar-refractivity contribution in [3.05, 3.63) is 182 Å². The Kier molecular flexibility index (Phi) is 5.82. The van der Waals surface area contributed by atoms with E-state index in [9.17, 15) is 5.48 Å². The van der Waals surface area contributed by atoms with Crippen molar-refractivity contribution < 1.29 is 12.6 Å². The van der Waals surface area contributed by atoms with E-state index in [0.717, 1.165) is 32.0 Å². The topological polar surface area (TPSA) is 56.7 Å². The van der Waals surface area contributed by atoms with Crippen molar-refractivity contribution >= 4 is 75.3 Å². The van der Waals surface area contributed by atoms with Crippen LogP contribution >= 0.6 is 11.3 Å². The number of para-hydroxylation sites is 5. The fourth-order valence-electron chi connectivity index (χ4n) is 8.09. The van der Waals surface area contributed by atoms with Crippen LogP contribution in [0.3, 0.4) is 0 Å². The smallest absolute Gasteiger partial charge is 0.166 e. The van der Waals surface area contributed by atoms with Gasteiger partial charge in [0.05, 0.1) is 24.9 Å². The molecule has 0 radical (unpaired) electrons. The van der Waals surface area contributed by atoms with Crippen molar-refractivity contribution in [2.24, 2.45) is 0 Å². The number of benzene rings is 8. The van der Waals surface area contributed by atoms with Gasteiger partial charge in [-0.25, -0.2) is 15.0 Å². The molecule has 0 aliphatic rings. The highest BCUT2D eigenvalue weighted by atomic mass is 32.1. The number of rotatable bonds is 5. The summed E-state index contributed by atoms with van der Waals surface area (Å²) < 4.78 is 65.2. The van der Waals surface area contributed by atoms with E-state index in [1.807, 2.05) is 109 Å². The second-order valence-corrected chi connectivity index (χ2v) is 14.9. The van der Waals surface area contributed by atoms with Crippen LogP contribution in [-0.4, -0.2) is 19.5 Å². The molecule has 8 aromatic carbocycles. The second kappa shape index (κ2) is 12.6. The van der Waals surface area contributed by atoms with Gasteiger partial charge in [0, 0.05) is 69.5 Å². The van der Waals surface area contributed by atoms with Crippen LogP contribution in [0, 0.1) is 0 Å². The van der Waals surface area contributed by atoms with Gasteiger partial charge in [-0.2, -0.15) is 0 Å². The van der Waals surface area contributed by atoms with Gasteiger partial charge >= 0.3 is 0 Å². The van der Waals surface area contributed by atoms with Crippen molar-refractivity contribution in [2.45, 2.75) is 0 Å². The summed E-state index contributed by atoms with van der Waals surface area (Å²) in [4.78, 5) is 15.5. The Bertz CT molecular complexity index is 3830. The largest absolute Gasteiger partial charge is 0.455 e. The van der Waals surface area contributed by atoms with E-state index in [4.69, 9.17) is 22.1 Å². The molecule has 266 valence electrons. The molecule has 4 aromatic heterocycles. The number of fused-ring (bicyclic) bond motifs is 9. The van der Waals surface area contributed by atoms with Crippen LogP contribution < -0.4 is 0 Å². The Morgan fingerprint density at radius 3 is 1.91 bits per heavy atom. The summed E-state index contributed by atoms with van der Waals surface area (Å²) in [7, 11) is 0. The molecule has 0 amide bonds. The van der Waals surface area contributed by atoms with Crippen LogP contribution in [0.15, 0.2) is 186 Å². The Morgan fingerprint density at radius 1 is 0.456 bits per heavy atom. The Hall–Kier alpha value is -7.41. The predicted molar refractivity (Wildman–Crippen MR) is 236 cm³/mol. The molecule has 0 atom stereocenters. The van der Waals surface area contributed by atoms with Gasteiger partial charge in [0.1, 0.15) is 11.2 Å². The summed E-state index contributed by atoms with van der Waals surface area (Å²) in [6.07, 6.45) is 0. The van der Waals surface area contributed by atoms with Gasteiger partial charge < -0.3 is 8.98 Å². The first-order valence-corrected chi connectivity index (χ1v) is 19.3. The average molecular weight is 753 g/mol. The van der Waals surface area contributed by atoms with Gasteiger partial charge in [0.25, 0.3) is 0 Å². The fraction of sp³-hybridized carbons (Fsp3) is 0. The first-order valence-electron chi connectivity index (χ1n) is 21.5. The monoisotopic (exact) mass is 752 g/mol. The molecule has 0 saturated carbocycles. The maximum atomic E-state index is 9.42. The molecular weight excluding hydrogens is 717 g/mol. The van der Waals surface area contributed by atoms with Crippen LogP contribution in [0.5, 0.6) is 0 Å². The lowest BCUT2D eigenvalue weighted by Gasteiger charge is -2.19. The van der Waals surface area contributed by atoms with E-state index in [1.165, 1.54) is 22.2 Å². The van der Waals surface area contributed by atoms with Crippen molar-refractivity contribution in [3.63, 3.8) is 0 Å². The zero-order chi connectivity index (χ0) is 42.7. The first kappa shape index (κ1) is 26.4. The third kappa shape index (κ3) is 4.98. The number of thiophene rings is 1. The van der Waals surface area contributed by atoms with E-state index < -0.39 is 0 Å². The lowest BCUT2D eigenvalue weighted by Crippen LogP contribution is -2.05. The molecule has 12 rings (SSSR count). The molecule has 0 unspecified atom stereocenters. The summed E-state index contributed by atoms with van der Waals surface area (Å²) >= 11 is 1.71. The van der Waals surface area contributed by atoms with E-state index in [2.05, 4.69) is 24.3 Å². The SMILES string of the molecule is [2H]c1cc([2H])c2c(c1[2H])c1c([2H])c([2H])cc([2H])c1n2-c1c(-c2nc(-c3ccccc3)nc(-c3ccc4c(c3)sc3ccccc34)n2)cccc1-c1cccc2c1oc1ccccc12. The highest BCUT2D eigenvalue weighted by molar-refractivity contribution is 7.25. The Labute approximate surface area is 339 Å². The van der Waals surface area contributed by atoms with Crippen LogP contribution in [-0.2, 0) is 0 Å². The number of nitrogens with zero attached hydrogens (tertiary/aromatic N) is 4. The zero-order valence-electron chi connectivity index (χ0n) is 36.0. The van der Waals surface area contributed by atoms with Crippen molar-refractivity contribution in [1.82, 2.24) is 19.5 Å². The Balaban J connectivity index is 1.23. The molecule has 0 spiro atoms. The zero-order valence-corrected chi connectivity index (χ0v) is 30.8. The van der Waals surface area contributed by atoms with Crippen LogP contribution in [0.4, 0.5) is 0 Å². The van der Waals surface area contributed by atoms with Crippen molar-refractivity contribution in [3.8, 4) is 51.0 Å². The molecule has 57 heavy (non-hydrogen) atoms. The lowest BCUT2D eigenvalue weighted by molar-refractivity contribution is 0.670. The van der Waals surface area contributed by atoms with Gasteiger partial charge in [-0.3, -0.25) is 0 Å². The van der Waals surface area contributed by atoms with Gasteiger partial charge in [-0.15, -0.1) is 11.3 Å². The lowest BCUT2D eigenvalue weighted by atomic mass is 9.97. The number of aromatic nitrogens is 4. The van der Waals surface area contributed by atoms with E-state index in [1.54, 1.807) is 15.9 Å². The molecule has 12 aromatic rings. The van der Waals surface area contributed by atoms with Crippen LogP contribution in [0.25, 0.3) is 115 Å². The molecular formula is C51H30N4OS. The van der Waals surface area contributed by atoms with Crippen molar-refractivity contribution in [1.29, 1.82) is 0 Å². The molecule has 0 fully saturated rings. The molecule has 5 nitrogen and oxygen atoms in total. The average Bonchev–Trinajstić information content (AvgIpc) is 4.00. The molecule has 0 bridgehead atoms. The molecule has 4 heterocycles. The highest BCUT2D eigenvalue weighted by Crippen LogP contribution is 2.44. The molecule has 0 aliphatic heterocycles. The molecule has 0 saturated heterocycles. The van der Waals surface area contributed by atoms with E-state index in [0.29, 0.717) is 51.0 Å². The second-order valence-electron chi connectivity index (χ2n) is 13.9. The molecule has 0 N–H and O–H groups in total. The first-order chi connectivity index (χ1) is 30.7. The normalized spacial score (nSPS) is 13.3. The van der Waals surface area contributed by atoms with Crippen LogP contribution in [0.2, 0.25) is 0 Å². The third-order valence-electron chi connectivity index (χ3n) is 10.6. The molecule has 0 aliphatic carbocycles. The Morgan fingerprint density at radius 2 is 1.09 bits per heavy atom. The standard InChI is InChI=1S/C51H30N4OS/c1-2-14-31(15-3-1)49-52-50(32-28-29-37-36-19-7-11-27-45(36)57-46(37)30-32)54-51(53-49)41-23-12-20-38(40-22-13-21-39-35-18-6-10-26-44(35)56-48(39)40)47(41)55-42-24-8-4-16-33(42)34-17-5-9-25-43(34)55/h1-30H/i4D,5D,16D,17D,24D,25D. The molecule has 6 heteroatoms. The summed E-state index contributed by atoms with van der Waals surface area (Å²) in [5, 5.41) is 4.46. The van der Waals surface area contributed by atoms with Gasteiger partial charge in [0.15, 0.2) is 17.5 Å². The van der Waals surface area contributed by atoms with Crippen molar-refractivity contribution in [2.75, 3.05) is 0 Å². The van der Waals surface area contributed by atoms with Gasteiger partial charge in [-0.05, 0) is 36.4 Å². The van der Waals surface area contributed by atoms with Gasteiger partial charge in [-0.1, -0.05) is 145 Å². The highest BCUT2D eigenvalue weighted by Gasteiger charge is 2.24. The summed E-state index contributed by atoms with van der Waals surface area (Å²) in [6.45, 7) is 0.